The molecule has 0 bridgehead atoms. The lowest BCUT2D eigenvalue weighted by Crippen LogP contribution is -2.20. The van der Waals surface area contributed by atoms with Crippen molar-refractivity contribution < 1.29 is 9.53 Å². The first-order valence-corrected chi connectivity index (χ1v) is 9.07. The van der Waals surface area contributed by atoms with Gasteiger partial charge >= 0.3 is 0 Å². The molecular formula is C20H17N3O2S. The maximum Gasteiger partial charge on any atom is 0.262 e. The third kappa shape index (κ3) is 3.60. The van der Waals surface area contributed by atoms with Crippen molar-refractivity contribution in [3.8, 4) is 17.0 Å². The summed E-state index contributed by atoms with van der Waals surface area (Å²) in [7, 11) is 0. The van der Waals surface area contributed by atoms with Crippen molar-refractivity contribution in [2.24, 2.45) is 0 Å². The Morgan fingerprint density at radius 2 is 2.08 bits per heavy atom. The summed E-state index contributed by atoms with van der Waals surface area (Å²) in [6.45, 7) is 1.97. The SMILES string of the molecule is Cc1ccc(OCC(=O)Nc2cccc(-c3cn4ccsc4n3)c2)cc1. The molecular weight excluding hydrogens is 346 g/mol. The van der Waals surface area contributed by atoms with E-state index in [0.717, 1.165) is 27.5 Å². The van der Waals surface area contributed by atoms with Crippen LogP contribution in [0.4, 0.5) is 5.69 Å². The normalized spacial score (nSPS) is 10.8. The van der Waals surface area contributed by atoms with Gasteiger partial charge in [-0.3, -0.25) is 9.20 Å². The van der Waals surface area contributed by atoms with Crippen molar-refractivity contribution in [3.05, 3.63) is 71.9 Å². The second-order valence-corrected chi connectivity index (χ2v) is 6.82. The van der Waals surface area contributed by atoms with E-state index in [1.807, 2.05) is 77.6 Å². The number of rotatable bonds is 5. The van der Waals surface area contributed by atoms with E-state index >= 15 is 0 Å². The van der Waals surface area contributed by atoms with Crippen LogP contribution < -0.4 is 10.1 Å². The number of fused-ring (bicyclic) bond motifs is 1. The summed E-state index contributed by atoms with van der Waals surface area (Å²) in [5, 5.41) is 4.86. The molecule has 0 atom stereocenters. The summed E-state index contributed by atoms with van der Waals surface area (Å²) in [5.41, 5.74) is 3.70. The molecule has 4 rings (SSSR count). The highest BCUT2D eigenvalue weighted by Crippen LogP contribution is 2.24. The predicted octanol–water partition coefficient (Wildman–Crippen LogP) is 4.39. The number of nitrogens with one attached hydrogen (secondary N) is 1. The standard InChI is InChI=1S/C20H17N3O2S/c1-14-5-7-17(8-6-14)25-13-19(24)21-16-4-2-3-15(11-16)18-12-23-9-10-26-20(23)22-18/h2-12H,13H2,1H3,(H,21,24). The van der Waals surface area contributed by atoms with Crippen LogP contribution in [0.2, 0.25) is 0 Å². The molecule has 130 valence electrons. The van der Waals surface area contributed by atoms with Gasteiger partial charge in [-0.2, -0.15) is 0 Å². The first-order chi connectivity index (χ1) is 12.7. The molecule has 1 N–H and O–H groups in total. The Hall–Kier alpha value is -3.12. The number of aromatic nitrogens is 2. The van der Waals surface area contributed by atoms with Crippen LogP contribution in [0.1, 0.15) is 5.56 Å². The Bertz CT molecular complexity index is 1020. The minimum atomic E-state index is -0.200. The fourth-order valence-corrected chi connectivity index (χ4v) is 3.30. The summed E-state index contributed by atoms with van der Waals surface area (Å²) >= 11 is 1.59. The summed E-state index contributed by atoms with van der Waals surface area (Å²) in [4.78, 5) is 17.7. The van der Waals surface area contributed by atoms with E-state index in [4.69, 9.17) is 4.74 Å². The zero-order valence-corrected chi connectivity index (χ0v) is 15.0. The average molecular weight is 363 g/mol. The molecule has 2 aromatic carbocycles. The van der Waals surface area contributed by atoms with Crippen molar-refractivity contribution in [1.29, 1.82) is 0 Å². The van der Waals surface area contributed by atoms with E-state index in [-0.39, 0.29) is 12.5 Å². The van der Waals surface area contributed by atoms with Gasteiger partial charge in [0.15, 0.2) is 11.6 Å². The van der Waals surface area contributed by atoms with E-state index < -0.39 is 0 Å². The minimum Gasteiger partial charge on any atom is -0.484 e. The highest BCUT2D eigenvalue weighted by Gasteiger charge is 2.08. The number of hydrogen-bond acceptors (Lipinski definition) is 4. The molecule has 2 heterocycles. The maximum absolute atomic E-state index is 12.1. The number of nitrogens with zero attached hydrogens (tertiary/aromatic N) is 2. The Labute approximate surface area is 154 Å². The summed E-state index contributed by atoms with van der Waals surface area (Å²) < 4.78 is 7.50. The quantitative estimate of drug-likeness (QED) is 0.572. The summed E-state index contributed by atoms with van der Waals surface area (Å²) in [5.74, 6) is 0.478. The van der Waals surface area contributed by atoms with Crippen LogP contribution in [0.5, 0.6) is 5.75 Å². The molecule has 1 amide bonds. The first kappa shape index (κ1) is 16.4. The van der Waals surface area contributed by atoms with Crippen LogP contribution in [-0.2, 0) is 4.79 Å². The Morgan fingerprint density at radius 1 is 1.23 bits per heavy atom. The van der Waals surface area contributed by atoms with Crippen molar-refractivity contribution in [2.75, 3.05) is 11.9 Å². The summed E-state index contributed by atoms with van der Waals surface area (Å²) in [6, 6.07) is 15.3. The van der Waals surface area contributed by atoms with Crippen LogP contribution in [-0.4, -0.2) is 21.9 Å². The number of imidazole rings is 1. The number of aryl methyl sites for hydroxylation is 1. The molecule has 0 saturated carbocycles. The van der Waals surface area contributed by atoms with Crippen LogP contribution >= 0.6 is 11.3 Å². The predicted molar refractivity (Wildman–Crippen MR) is 104 cm³/mol. The van der Waals surface area contributed by atoms with E-state index in [0.29, 0.717) is 5.75 Å². The number of anilines is 1. The molecule has 4 aromatic rings. The molecule has 26 heavy (non-hydrogen) atoms. The number of thiazole rings is 1. The van der Waals surface area contributed by atoms with Crippen molar-refractivity contribution in [1.82, 2.24) is 9.38 Å². The van der Waals surface area contributed by atoms with Gasteiger partial charge in [-0.05, 0) is 31.2 Å². The molecule has 0 aliphatic rings. The Kier molecular flexibility index (Phi) is 4.41. The molecule has 0 spiro atoms. The van der Waals surface area contributed by atoms with E-state index in [1.54, 1.807) is 11.3 Å². The van der Waals surface area contributed by atoms with Crippen LogP contribution in [0.15, 0.2) is 66.3 Å². The van der Waals surface area contributed by atoms with Crippen LogP contribution in [0.25, 0.3) is 16.2 Å². The Morgan fingerprint density at radius 3 is 2.88 bits per heavy atom. The highest BCUT2D eigenvalue weighted by molar-refractivity contribution is 7.15. The molecule has 0 fully saturated rings. The lowest BCUT2D eigenvalue weighted by Gasteiger charge is -2.08. The van der Waals surface area contributed by atoms with E-state index in [1.165, 1.54) is 0 Å². The van der Waals surface area contributed by atoms with E-state index in [2.05, 4.69) is 10.3 Å². The second kappa shape index (κ2) is 7.01. The maximum atomic E-state index is 12.1. The van der Waals surface area contributed by atoms with Crippen molar-refractivity contribution >= 4 is 27.9 Å². The molecule has 0 unspecified atom stereocenters. The first-order valence-electron chi connectivity index (χ1n) is 8.19. The van der Waals surface area contributed by atoms with Gasteiger partial charge in [0.25, 0.3) is 5.91 Å². The molecule has 2 aromatic heterocycles. The number of amides is 1. The number of carbonyl (C=O) groups excluding carboxylic acids is 1. The fraction of sp³-hybridized carbons (Fsp3) is 0.100. The largest absolute Gasteiger partial charge is 0.484 e. The highest BCUT2D eigenvalue weighted by atomic mass is 32.1. The summed E-state index contributed by atoms with van der Waals surface area (Å²) in [6.07, 6.45) is 3.96. The average Bonchev–Trinajstić information content (AvgIpc) is 3.23. The van der Waals surface area contributed by atoms with Crippen molar-refractivity contribution in [2.45, 2.75) is 6.92 Å². The van der Waals surface area contributed by atoms with Gasteiger partial charge in [0.05, 0.1) is 5.69 Å². The van der Waals surface area contributed by atoms with Gasteiger partial charge in [0.2, 0.25) is 0 Å². The monoisotopic (exact) mass is 363 g/mol. The molecule has 0 radical (unpaired) electrons. The number of ether oxygens (including phenoxy) is 1. The fourth-order valence-electron chi connectivity index (χ4n) is 2.60. The smallest absolute Gasteiger partial charge is 0.262 e. The molecule has 6 heteroatoms. The van der Waals surface area contributed by atoms with E-state index in [9.17, 15) is 4.79 Å². The third-order valence-electron chi connectivity index (χ3n) is 3.93. The lowest BCUT2D eigenvalue weighted by atomic mass is 10.1. The van der Waals surface area contributed by atoms with Gasteiger partial charge in [0.1, 0.15) is 5.75 Å². The van der Waals surface area contributed by atoms with Gasteiger partial charge in [-0.25, -0.2) is 4.98 Å². The Balaban J connectivity index is 1.42. The zero-order valence-electron chi connectivity index (χ0n) is 14.2. The molecule has 0 saturated heterocycles. The number of hydrogen-bond donors (Lipinski definition) is 1. The topological polar surface area (TPSA) is 55.6 Å². The second-order valence-electron chi connectivity index (χ2n) is 5.95. The lowest BCUT2D eigenvalue weighted by molar-refractivity contribution is -0.118. The molecule has 5 nitrogen and oxygen atoms in total. The van der Waals surface area contributed by atoms with Gasteiger partial charge < -0.3 is 10.1 Å². The third-order valence-corrected chi connectivity index (χ3v) is 4.70. The molecule has 0 aliphatic heterocycles. The molecule has 0 aliphatic carbocycles. The van der Waals surface area contributed by atoms with Gasteiger partial charge in [-0.15, -0.1) is 11.3 Å². The minimum absolute atomic E-state index is 0.0342. The number of carbonyl (C=O) groups is 1. The van der Waals surface area contributed by atoms with Gasteiger partial charge in [0, 0.05) is 29.0 Å². The van der Waals surface area contributed by atoms with Crippen LogP contribution in [0.3, 0.4) is 0 Å². The van der Waals surface area contributed by atoms with Crippen molar-refractivity contribution in [3.63, 3.8) is 0 Å². The van der Waals surface area contributed by atoms with Gasteiger partial charge in [-0.1, -0.05) is 29.8 Å². The number of benzene rings is 2. The van der Waals surface area contributed by atoms with Crippen LogP contribution in [0, 0.1) is 6.92 Å². The zero-order chi connectivity index (χ0) is 17.9.